The summed E-state index contributed by atoms with van der Waals surface area (Å²) in [6, 6.07) is 11.7. The van der Waals surface area contributed by atoms with E-state index >= 15 is 0 Å². The highest BCUT2D eigenvalue weighted by Crippen LogP contribution is 2.40. The third kappa shape index (κ3) is 4.59. The zero-order valence-corrected chi connectivity index (χ0v) is 18.2. The molecule has 0 radical (unpaired) electrons. The third-order valence-corrected chi connectivity index (χ3v) is 4.72. The number of methoxy groups -OCH3 is 3. The minimum atomic E-state index is 0.262. The number of hydrazone groups is 1. The SMILES string of the molecule is COc1cc(Nc2ncnc(/N=C3\CC(c4cccc(C)c4)=NN3)n2)cc(OC)c1OC. The Morgan fingerprint density at radius 1 is 1.00 bits per heavy atom. The van der Waals surface area contributed by atoms with Crippen molar-refractivity contribution in [3.05, 3.63) is 53.9 Å². The molecular weight excluding hydrogens is 410 g/mol. The first kappa shape index (κ1) is 21.0. The zero-order chi connectivity index (χ0) is 22.5. The number of anilines is 2. The van der Waals surface area contributed by atoms with Crippen molar-refractivity contribution >= 4 is 29.1 Å². The number of aryl methyl sites for hydroxylation is 1. The van der Waals surface area contributed by atoms with Crippen molar-refractivity contribution in [2.45, 2.75) is 13.3 Å². The van der Waals surface area contributed by atoms with Crippen molar-refractivity contribution in [3.63, 3.8) is 0 Å². The number of aliphatic imine (C=N–C) groups is 1. The number of hydrogen-bond acceptors (Lipinski definition) is 9. The van der Waals surface area contributed by atoms with Gasteiger partial charge in [-0.3, -0.25) is 5.43 Å². The largest absolute Gasteiger partial charge is 0.493 e. The van der Waals surface area contributed by atoms with Crippen molar-refractivity contribution in [1.82, 2.24) is 20.4 Å². The van der Waals surface area contributed by atoms with Crippen LogP contribution < -0.4 is 25.0 Å². The number of benzene rings is 2. The van der Waals surface area contributed by atoms with Crippen LogP contribution in [-0.2, 0) is 0 Å². The van der Waals surface area contributed by atoms with Crippen molar-refractivity contribution in [3.8, 4) is 17.2 Å². The topological polar surface area (TPSA) is 115 Å². The van der Waals surface area contributed by atoms with Gasteiger partial charge in [0, 0.05) is 17.8 Å². The van der Waals surface area contributed by atoms with E-state index in [2.05, 4.69) is 54.8 Å². The van der Waals surface area contributed by atoms with Gasteiger partial charge in [-0.05, 0) is 12.5 Å². The molecule has 10 nitrogen and oxygen atoms in total. The van der Waals surface area contributed by atoms with E-state index in [0.29, 0.717) is 41.1 Å². The Kier molecular flexibility index (Phi) is 6.11. The average molecular weight is 433 g/mol. The van der Waals surface area contributed by atoms with Gasteiger partial charge >= 0.3 is 0 Å². The summed E-state index contributed by atoms with van der Waals surface area (Å²) >= 11 is 0. The molecule has 1 aliphatic heterocycles. The Morgan fingerprint density at radius 2 is 1.78 bits per heavy atom. The van der Waals surface area contributed by atoms with E-state index in [4.69, 9.17) is 14.2 Å². The molecule has 0 amide bonds. The molecule has 0 atom stereocenters. The first-order chi connectivity index (χ1) is 15.6. The molecule has 0 bridgehead atoms. The van der Waals surface area contributed by atoms with Gasteiger partial charge in [0.05, 0.1) is 33.5 Å². The van der Waals surface area contributed by atoms with E-state index in [1.54, 1.807) is 33.5 Å². The number of ether oxygens (including phenoxy) is 3. The lowest BCUT2D eigenvalue weighted by atomic mass is 10.1. The molecule has 32 heavy (non-hydrogen) atoms. The normalized spacial score (nSPS) is 14.0. The molecule has 4 rings (SSSR count). The number of aromatic nitrogens is 3. The first-order valence-electron chi connectivity index (χ1n) is 9.83. The van der Waals surface area contributed by atoms with Crippen molar-refractivity contribution < 1.29 is 14.2 Å². The zero-order valence-electron chi connectivity index (χ0n) is 18.2. The second-order valence-electron chi connectivity index (χ2n) is 6.92. The van der Waals surface area contributed by atoms with E-state index in [0.717, 1.165) is 11.3 Å². The standard InChI is InChI=1S/C22H23N7O3/c1-13-6-5-7-14(8-13)16-11-19(29-28-16)26-22-24-12-23-21(27-22)25-15-9-17(30-2)20(32-4)18(10-15)31-3/h5-10,12H,11H2,1-4H3,(H2,23,24,25,26,27,29). The molecule has 3 aromatic rings. The fourth-order valence-corrected chi connectivity index (χ4v) is 3.23. The monoisotopic (exact) mass is 433 g/mol. The van der Waals surface area contributed by atoms with Crippen molar-refractivity contribution in [1.29, 1.82) is 0 Å². The average Bonchev–Trinajstić information content (AvgIpc) is 3.27. The van der Waals surface area contributed by atoms with Crippen molar-refractivity contribution in [2.75, 3.05) is 26.6 Å². The fraction of sp³-hybridized carbons (Fsp3) is 0.227. The van der Waals surface area contributed by atoms with Crippen LogP contribution in [0.25, 0.3) is 0 Å². The van der Waals surface area contributed by atoms with Crippen molar-refractivity contribution in [2.24, 2.45) is 10.1 Å². The van der Waals surface area contributed by atoms with Gasteiger partial charge in [0.2, 0.25) is 11.7 Å². The predicted octanol–water partition coefficient (Wildman–Crippen LogP) is 3.38. The molecule has 2 heterocycles. The van der Waals surface area contributed by atoms with Crippen LogP contribution in [0.4, 0.5) is 17.6 Å². The Hall–Kier alpha value is -4.21. The van der Waals surface area contributed by atoms with Crippen LogP contribution in [0.2, 0.25) is 0 Å². The molecule has 1 aliphatic rings. The maximum absolute atomic E-state index is 5.38. The molecule has 0 saturated carbocycles. The van der Waals surface area contributed by atoms with Crippen LogP contribution in [0.1, 0.15) is 17.5 Å². The van der Waals surface area contributed by atoms with Crippen LogP contribution in [0.5, 0.6) is 17.2 Å². The second-order valence-corrected chi connectivity index (χ2v) is 6.92. The second kappa shape index (κ2) is 9.29. The summed E-state index contributed by atoms with van der Waals surface area (Å²) in [5, 5.41) is 7.49. The van der Waals surface area contributed by atoms with Crippen LogP contribution in [0.3, 0.4) is 0 Å². The predicted molar refractivity (Wildman–Crippen MR) is 122 cm³/mol. The highest BCUT2D eigenvalue weighted by molar-refractivity contribution is 6.15. The van der Waals surface area contributed by atoms with Gasteiger partial charge in [-0.25, -0.2) is 4.98 Å². The van der Waals surface area contributed by atoms with E-state index in [-0.39, 0.29) is 5.95 Å². The molecule has 1 aromatic heterocycles. The number of amidine groups is 1. The van der Waals surface area contributed by atoms with Crippen LogP contribution in [0, 0.1) is 6.92 Å². The maximum Gasteiger partial charge on any atom is 0.255 e. The van der Waals surface area contributed by atoms with Crippen LogP contribution >= 0.6 is 0 Å². The summed E-state index contributed by atoms with van der Waals surface area (Å²) in [6.45, 7) is 2.05. The number of nitrogens with zero attached hydrogens (tertiary/aromatic N) is 5. The number of rotatable bonds is 7. The highest BCUT2D eigenvalue weighted by atomic mass is 16.5. The summed E-state index contributed by atoms with van der Waals surface area (Å²) in [5.41, 5.74) is 6.76. The Morgan fingerprint density at radius 3 is 2.47 bits per heavy atom. The summed E-state index contributed by atoms with van der Waals surface area (Å²) in [4.78, 5) is 17.2. The molecule has 0 spiro atoms. The first-order valence-corrected chi connectivity index (χ1v) is 9.83. The number of hydrogen-bond donors (Lipinski definition) is 2. The van der Waals surface area contributed by atoms with Gasteiger partial charge in [-0.15, -0.1) is 0 Å². The minimum absolute atomic E-state index is 0.262. The van der Waals surface area contributed by atoms with Crippen LogP contribution in [0.15, 0.2) is 52.8 Å². The summed E-state index contributed by atoms with van der Waals surface area (Å²) in [6.07, 6.45) is 1.95. The quantitative estimate of drug-likeness (QED) is 0.583. The molecule has 10 heteroatoms. The third-order valence-electron chi connectivity index (χ3n) is 4.72. The van der Waals surface area contributed by atoms with Gasteiger partial charge in [0.15, 0.2) is 11.5 Å². The molecule has 0 fully saturated rings. The summed E-state index contributed by atoms with van der Waals surface area (Å²) in [5.74, 6) is 2.77. The van der Waals surface area contributed by atoms with E-state index in [1.165, 1.54) is 11.9 Å². The maximum atomic E-state index is 5.38. The lowest BCUT2D eigenvalue weighted by molar-refractivity contribution is 0.324. The lowest BCUT2D eigenvalue weighted by Crippen LogP contribution is -2.11. The van der Waals surface area contributed by atoms with Crippen LogP contribution in [-0.4, -0.2) is 47.8 Å². The number of nitrogens with one attached hydrogen (secondary N) is 2. The molecule has 164 valence electrons. The van der Waals surface area contributed by atoms with E-state index in [1.807, 2.05) is 12.1 Å². The molecule has 2 N–H and O–H groups in total. The smallest absolute Gasteiger partial charge is 0.255 e. The highest BCUT2D eigenvalue weighted by Gasteiger charge is 2.17. The molecular formula is C22H23N7O3. The van der Waals surface area contributed by atoms with E-state index < -0.39 is 0 Å². The summed E-state index contributed by atoms with van der Waals surface area (Å²) < 4.78 is 16.1. The molecule has 0 unspecified atom stereocenters. The molecule has 0 aliphatic carbocycles. The van der Waals surface area contributed by atoms with E-state index in [9.17, 15) is 0 Å². The Labute approximate surface area is 185 Å². The molecule has 0 saturated heterocycles. The van der Waals surface area contributed by atoms with Gasteiger partial charge in [-0.1, -0.05) is 29.8 Å². The Balaban J connectivity index is 1.51. The minimum Gasteiger partial charge on any atom is -0.493 e. The van der Waals surface area contributed by atoms with Gasteiger partial charge in [0.1, 0.15) is 12.2 Å². The van der Waals surface area contributed by atoms with Gasteiger partial charge < -0.3 is 19.5 Å². The van der Waals surface area contributed by atoms with Gasteiger partial charge in [-0.2, -0.15) is 20.1 Å². The van der Waals surface area contributed by atoms with Gasteiger partial charge in [0.25, 0.3) is 5.95 Å². The molecule has 2 aromatic carbocycles. The summed E-state index contributed by atoms with van der Waals surface area (Å²) in [7, 11) is 4.66. The lowest BCUT2D eigenvalue weighted by Gasteiger charge is -2.14. The Bertz CT molecular complexity index is 1170. The fourth-order valence-electron chi connectivity index (χ4n) is 3.23.